The molecule has 0 spiro atoms. The van der Waals surface area contributed by atoms with Crippen LogP contribution >= 0.6 is 11.6 Å². The minimum absolute atomic E-state index is 0.00839. The Balaban J connectivity index is 2.43. The van der Waals surface area contributed by atoms with Crippen LogP contribution in [0.25, 0.3) is 0 Å². The summed E-state index contributed by atoms with van der Waals surface area (Å²) >= 11 is 5.91. The molecule has 0 heterocycles. The van der Waals surface area contributed by atoms with Gasteiger partial charge in [-0.15, -0.1) is 0 Å². The van der Waals surface area contributed by atoms with Gasteiger partial charge in [0.1, 0.15) is 5.75 Å². The third-order valence-corrected chi connectivity index (χ3v) is 3.13. The fraction of sp³-hybridized carbons (Fsp3) is 0.500. The molecule has 5 nitrogen and oxygen atoms in total. The Morgan fingerprint density at radius 1 is 1.50 bits per heavy atom. The lowest BCUT2D eigenvalue weighted by Crippen LogP contribution is -2.41. The van der Waals surface area contributed by atoms with Crippen molar-refractivity contribution in [3.05, 3.63) is 28.8 Å². The van der Waals surface area contributed by atoms with Crippen molar-refractivity contribution in [2.24, 2.45) is 0 Å². The Kier molecular flexibility index (Phi) is 7.36. The molecule has 1 aromatic rings. The first-order valence-corrected chi connectivity index (χ1v) is 6.72. The van der Waals surface area contributed by atoms with Crippen LogP contribution < -0.4 is 10.1 Å². The summed E-state index contributed by atoms with van der Waals surface area (Å²) in [6.45, 7) is 2.12. The summed E-state index contributed by atoms with van der Waals surface area (Å²) in [5.41, 5.74) is 0.891. The first-order valence-electron chi connectivity index (χ1n) is 6.35. The van der Waals surface area contributed by atoms with Crippen LogP contribution in [0, 0.1) is 6.92 Å². The number of carbonyl (C=O) groups excluding carboxylic acids is 1. The van der Waals surface area contributed by atoms with Crippen molar-refractivity contribution in [1.29, 1.82) is 0 Å². The van der Waals surface area contributed by atoms with E-state index in [-0.39, 0.29) is 25.2 Å². The van der Waals surface area contributed by atoms with E-state index >= 15 is 0 Å². The lowest BCUT2D eigenvalue weighted by atomic mass is 10.2. The number of ether oxygens (including phenoxy) is 2. The van der Waals surface area contributed by atoms with Crippen LogP contribution in [-0.4, -0.2) is 44.0 Å². The second-order valence-corrected chi connectivity index (χ2v) is 4.84. The molecule has 1 amide bonds. The molecule has 2 N–H and O–H groups in total. The van der Waals surface area contributed by atoms with Gasteiger partial charge >= 0.3 is 0 Å². The minimum atomic E-state index is -0.256. The molecular weight excluding hydrogens is 282 g/mol. The van der Waals surface area contributed by atoms with Gasteiger partial charge in [0.2, 0.25) is 0 Å². The number of carbonyl (C=O) groups is 1. The predicted molar refractivity (Wildman–Crippen MR) is 77.2 cm³/mol. The van der Waals surface area contributed by atoms with E-state index in [2.05, 4.69) is 5.32 Å². The van der Waals surface area contributed by atoms with Crippen LogP contribution in [0.1, 0.15) is 12.0 Å². The van der Waals surface area contributed by atoms with E-state index in [9.17, 15) is 4.79 Å². The summed E-state index contributed by atoms with van der Waals surface area (Å²) in [5.74, 6) is 0.334. The maximum atomic E-state index is 11.7. The molecule has 0 aliphatic rings. The van der Waals surface area contributed by atoms with E-state index in [1.807, 2.05) is 6.92 Å². The zero-order valence-electron chi connectivity index (χ0n) is 11.7. The van der Waals surface area contributed by atoms with Gasteiger partial charge in [-0.1, -0.05) is 11.6 Å². The van der Waals surface area contributed by atoms with Crippen LogP contribution in [0.15, 0.2) is 18.2 Å². The number of hydrogen-bond donors (Lipinski definition) is 2. The molecule has 0 fully saturated rings. The normalized spacial score (nSPS) is 12.0. The fourth-order valence-electron chi connectivity index (χ4n) is 1.68. The third kappa shape index (κ3) is 5.77. The number of aliphatic hydroxyl groups excluding tert-OH is 1. The number of rotatable bonds is 8. The van der Waals surface area contributed by atoms with Gasteiger partial charge in [-0.05, 0) is 37.1 Å². The molecule has 0 radical (unpaired) electrons. The average Bonchev–Trinajstić information content (AvgIpc) is 2.41. The first kappa shape index (κ1) is 16.8. The van der Waals surface area contributed by atoms with Crippen molar-refractivity contribution in [3.63, 3.8) is 0 Å². The lowest BCUT2D eigenvalue weighted by molar-refractivity contribution is -0.124. The second kappa shape index (κ2) is 8.79. The number of amides is 1. The predicted octanol–water partition coefficient (Wildman–Crippen LogP) is 1.54. The molecule has 1 unspecified atom stereocenters. The molecule has 6 heteroatoms. The van der Waals surface area contributed by atoms with E-state index in [1.54, 1.807) is 25.3 Å². The number of halogens is 1. The zero-order valence-corrected chi connectivity index (χ0v) is 12.4. The van der Waals surface area contributed by atoms with Gasteiger partial charge in [0.05, 0.1) is 12.6 Å². The van der Waals surface area contributed by atoms with E-state index in [0.717, 1.165) is 5.56 Å². The van der Waals surface area contributed by atoms with Gasteiger partial charge in [-0.2, -0.15) is 0 Å². The number of hydrogen-bond acceptors (Lipinski definition) is 4. The van der Waals surface area contributed by atoms with Gasteiger partial charge < -0.3 is 19.9 Å². The largest absolute Gasteiger partial charge is 0.484 e. The summed E-state index contributed by atoms with van der Waals surface area (Å²) in [5, 5.41) is 12.3. The molecule has 1 rings (SSSR count). The highest BCUT2D eigenvalue weighted by atomic mass is 35.5. The van der Waals surface area contributed by atoms with Crippen LogP contribution in [0.5, 0.6) is 5.75 Å². The Morgan fingerprint density at radius 2 is 2.25 bits per heavy atom. The number of aliphatic hydroxyl groups is 1. The molecule has 0 aliphatic carbocycles. The van der Waals surface area contributed by atoms with Crippen LogP contribution in [0.2, 0.25) is 5.02 Å². The number of methoxy groups -OCH3 is 1. The van der Waals surface area contributed by atoms with E-state index in [0.29, 0.717) is 23.8 Å². The van der Waals surface area contributed by atoms with E-state index in [4.69, 9.17) is 26.2 Å². The number of nitrogens with one attached hydrogen (secondary N) is 1. The van der Waals surface area contributed by atoms with Crippen molar-refractivity contribution in [2.75, 3.05) is 26.9 Å². The monoisotopic (exact) mass is 301 g/mol. The topological polar surface area (TPSA) is 67.8 Å². The van der Waals surface area contributed by atoms with Gasteiger partial charge in [-0.25, -0.2) is 0 Å². The highest BCUT2D eigenvalue weighted by Gasteiger charge is 2.12. The summed E-state index contributed by atoms with van der Waals surface area (Å²) in [6, 6.07) is 5.00. The van der Waals surface area contributed by atoms with Gasteiger partial charge in [0.15, 0.2) is 6.61 Å². The maximum absolute atomic E-state index is 11.7. The minimum Gasteiger partial charge on any atom is -0.484 e. The molecule has 20 heavy (non-hydrogen) atoms. The molecule has 112 valence electrons. The molecule has 0 bridgehead atoms. The van der Waals surface area contributed by atoms with Gasteiger partial charge in [0, 0.05) is 18.7 Å². The first-order chi connectivity index (χ1) is 9.56. The zero-order chi connectivity index (χ0) is 15.0. The molecule has 0 aromatic heterocycles. The van der Waals surface area contributed by atoms with Crippen LogP contribution in [0.4, 0.5) is 0 Å². The van der Waals surface area contributed by atoms with Crippen molar-refractivity contribution in [3.8, 4) is 5.75 Å². The molecule has 0 saturated carbocycles. The van der Waals surface area contributed by atoms with Gasteiger partial charge in [0.25, 0.3) is 5.91 Å². The highest BCUT2D eigenvalue weighted by Crippen LogP contribution is 2.20. The van der Waals surface area contributed by atoms with E-state index in [1.165, 1.54) is 0 Å². The quantitative estimate of drug-likeness (QED) is 0.764. The average molecular weight is 302 g/mol. The Bertz CT molecular complexity index is 433. The Morgan fingerprint density at radius 3 is 2.85 bits per heavy atom. The second-order valence-electron chi connectivity index (χ2n) is 4.43. The summed E-state index contributed by atoms with van der Waals surface area (Å²) in [4.78, 5) is 11.7. The van der Waals surface area contributed by atoms with Crippen molar-refractivity contribution >= 4 is 17.5 Å². The lowest BCUT2D eigenvalue weighted by Gasteiger charge is -2.17. The fourth-order valence-corrected chi connectivity index (χ4v) is 1.80. The molecular formula is C14H20ClNO4. The van der Waals surface area contributed by atoms with Crippen molar-refractivity contribution in [1.82, 2.24) is 5.32 Å². The van der Waals surface area contributed by atoms with Gasteiger partial charge in [-0.3, -0.25) is 4.79 Å². The Hall–Kier alpha value is -1.30. The summed E-state index contributed by atoms with van der Waals surface area (Å²) in [6.07, 6.45) is 0.444. The molecule has 0 aliphatic heterocycles. The molecule has 0 saturated heterocycles. The van der Waals surface area contributed by atoms with Crippen molar-refractivity contribution < 1.29 is 19.4 Å². The standard InChI is InChI=1S/C14H20ClNO4/c1-10-7-12(3-4-13(10)15)20-9-14(18)16-11(5-6-17)8-19-2/h3-4,7,11,17H,5-6,8-9H2,1-2H3,(H,16,18). The SMILES string of the molecule is COCC(CCO)NC(=O)COc1ccc(Cl)c(C)c1. The molecule has 1 atom stereocenters. The Labute approximate surface area is 123 Å². The smallest absolute Gasteiger partial charge is 0.258 e. The third-order valence-electron chi connectivity index (χ3n) is 2.71. The molecule has 1 aromatic carbocycles. The highest BCUT2D eigenvalue weighted by molar-refractivity contribution is 6.31. The van der Waals surface area contributed by atoms with E-state index < -0.39 is 0 Å². The van der Waals surface area contributed by atoms with Crippen molar-refractivity contribution in [2.45, 2.75) is 19.4 Å². The maximum Gasteiger partial charge on any atom is 0.258 e. The van der Waals surface area contributed by atoms with Crippen LogP contribution in [-0.2, 0) is 9.53 Å². The number of aryl methyl sites for hydroxylation is 1. The van der Waals surface area contributed by atoms with Crippen LogP contribution in [0.3, 0.4) is 0 Å². The summed E-state index contributed by atoms with van der Waals surface area (Å²) < 4.78 is 10.4. The summed E-state index contributed by atoms with van der Waals surface area (Å²) in [7, 11) is 1.55. The number of benzene rings is 1.